The number of hydrogen-bond acceptors (Lipinski definition) is 5. The molecule has 2 rings (SSSR count). The molecule has 1 amide bonds. The molecule has 1 heterocycles. The third kappa shape index (κ3) is 3.19. The Hall–Kier alpha value is -1.60. The van der Waals surface area contributed by atoms with Crippen LogP contribution in [0.25, 0.3) is 0 Å². The molecule has 0 bridgehead atoms. The number of rotatable bonds is 4. The van der Waals surface area contributed by atoms with E-state index in [1.807, 2.05) is 6.92 Å². The van der Waals surface area contributed by atoms with E-state index >= 15 is 0 Å². The molecule has 3 N–H and O–H groups in total. The first-order valence-corrected chi connectivity index (χ1v) is 8.73. The number of nitrogens with one attached hydrogen (secondary N) is 2. The van der Waals surface area contributed by atoms with Gasteiger partial charge in [0.15, 0.2) is 9.84 Å². The van der Waals surface area contributed by atoms with E-state index in [2.05, 4.69) is 10.6 Å². The quantitative estimate of drug-likeness (QED) is 0.724. The molecule has 0 spiro atoms. The van der Waals surface area contributed by atoms with Gasteiger partial charge in [-0.1, -0.05) is 6.92 Å². The molecule has 1 atom stereocenters. The number of carbonyl (C=O) groups excluding carboxylic acids is 1. The summed E-state index contributed by atoms with van der Waals surface area (Å²) in [4.78, 5) is 12.5. The molecule has 0 radical (unpaired) electrons. The van der Waals surface area contributed by atoms with Crippen LogP contribution in [0.4, 0.5) is 5.69 Å². The topological polar surface area (TPSA) is 95.5 Å². The first-order valence-electron chi connectivity index (χ1n) is 6.84. The molecule has 1 fully saturated rings. The number of phenols is 1. The Morgan fingerprint density at radius 1 is 1.48 bits per heavy atom. The minimum absolute atomic E-state index is 0.0608. The van der Waals surface area contributed by atoms with Crippen LogP contribution in [0.5, 0.6) is 5.75 Å². The zero-order chi connectivity index (χ0) is 15.7. The van der Waals surface area contributed by atoms with Crippen molar-refractivity contribution in [1.82, 2.24) is 5.32 Å². The second-order valence-electron chi connectivity index (χ2n) is 5.47. The van der Waals surface area contributed by atoms with Gasteiger partial charge >= 0.3 is 0 Å². The molecule has 6 nitrogen and oxygen atoms in total. The first kappa shape index (κ1) is 15.8. The lowest BCUT2D eigenvalue weighted by molar-refractivity contribution is -0.124. The third-order valence-corrected chi connectivity index (χ3v) is 5.16. The van der Waals surface area contributed by atoms with Crippen LogP contribution < -0.4 is 10.6 Å². The molecule has 21 heavy (non-hydrogen) atoms. The highest BCUT2D eigenvalue weighted by Gasteiger charge is 2.39. The van der Waals surface area contributed by atoms with Crippen LogP contribution in [0, 0.1) is 5.41 Å². The maximum atomic E-state index is 12.5. The van der Waals surface area contributed by atoms with Gasteiger partial charge in [-0.05, 0) is 37.6 Å². The molecule has 1 aromatic carbocycles. The summed E-state index contributed by atoms with van der Waals surface area (Å²) >= 11 is 0. The Kier molecular flexibility index (Phi) is 4.25. The van der Waals surface area contributed by atoms with Gasteiger partial charge in [-0.25, -0.2) is 8.42 Å². The number of phenolic OH excluding ortho intramolecular Hbond substituents is 1. The van der Waals surface area contributed by atoms with Gasteiger partial charge in [-0.15, -0.1) is 0 Å². The number of anilines is 1. The van der Waals surface area contributed by atoms with Gasteiger partial charge in [0, 0.05) is 12.8 Å². The number of sulfone groups is 1. The zero-order valence-electron chi connectivity index (χ0n) is 12.1. The molecular formula is C14H20N2O4S. The number of benzene rings is 1. The minimum atomic E-state index is -3.39. The van der Waals surface area contributed by atoms with Crippen molar-refractivity contribution in [2.24, 2.45) is 5.41 Å². The van der Waals surface area contributed by atoms with E-state index < -0.39 is 15.3 Å². The molecule has 0 aliphatic carbocycles. The van der Waals surface area contributed by atoms with Crippen molar-refractivity contribution in [2.45, 2.75) is 24.7 Å². The summed E-state index contributed by atoms with van der Waals surface area (Å²) < 4.78 is 23.1. The van der Waals surface area contributed by atoms with Crippen molar-refractivity contribution in [3.05, 3.63) is 18.2 Å². The Bertz CT molecular complexity index is 649. The van der Waals surface area contributed by atoms with E-state index in [1.54, 1.807) is 0 Å². The van der Waals surface area contributed by atoms with Gasteiger partial charge in [-0.3, -0.25) is 4.79 Å². The van der Waals surface area contributed by atoms with Crippen LogP contribution in [0.2, 0.25) is 0 Å². The molecule has 116 valence electrons. The smallest absolute Gasteiger partial charge is 0.232 e. The highest BCUT2D eigenvalue weighted by molar-refractivity contribution is 7.90. The fraction of sp³-hybridized carbons (Fsp3) is 0.500. The van der Waals surface area contributed by atoms with Crippen LogP contribution in [0.3, 0.4) is 0 Å². The Morgan fingerprint density at radius 3 is 2.71 bits per heavy atom. The van der Waals surface area contributed by atoms with E-state index in [1.165, 1.54) is 18.2 Å². The second kappa shape index (κ2) is 5.65. The van der Waals surface area contributed by atoms with Crippen molar-refractivity contribution in [2.75, 3.05) is 24.7 Å². The van der Waals surface area contributed by atoms with E-state index in [4.69, 9.17) is 0 Å². The second-order valence-corrected chi connectivity index (χ2v) is 7.48. The van der Waals surface area contributed by atoms with E-state index in [-0.39, 0.29) is 22.2 Å². The largest absolute Gasteiger partial charge is 0.506 e. The average Bonchev–Trinajstić information content (AvgIpc) is 2.90. The normalized spacial score (nSPS) is 22.2. The maximum absolute atomic E-state index is 12.5. The van der Waals surface area contributed by atoms with Crippen molar-refractivity contribution in [3.8, 4) is 5.75 Å². The standard InChI is InChI=1S/C14H20N2O4S/c1-3-14(6-7-15-9-14)13(18)16-11-8-10(21(2,19)20)4-5-12(11)17/h4-5,8,15,17H,3,6-7,9H2,1-2H3,(H,16,18). The summed E-state index contributed by atoms with van der Waals surface area (Å²) in [6.07, 6.45) is 2.49. The summed E-state index contributed by atoms with van der Waals surface area (Å²) in [5.41, 5.74) is -0.379. The highest BCUT2D eigenvalue weighted by atomic mass is 32.2. The molecule has 0 saturated carbocycles. The molecule has 1 aliphatic heterocycles. The summed E-state index contributed by atoms with van der Waals surface area (Å²) in [5.74, 6) is -0.344. The molecule has 1 aliphatic rings. The molecule has 1 unspecified atom stereocenters. The van der Waals surface area contributed by atoms with E-state index in [0.29, 0.717) is 13.0 Å². The number of amides is 1. The molecule has 1 aromatic rings. The van der Waals surface area contributed by atoms with Gasteiger partial charge in [0.2, 0.25) is 5.91 Å². The van der Waals surface area contributed by atoms with Crippen molar-refractivity contribution < 1.29 is 18.3 Å². The van der Waals surface area contributed by atoms with Gasteiger partial charge in [0.05, 0.1) is 16.0 Å². The van der Waals surface area contributed by atoms with Gasteiger partial charge < -0.3 is 15.7 Å². The fourth-order valence-corrected chi connectivity index (χ4v) is 3.15. The molecular weight excluding hydrogens is 292 g/mol. The van der Waals surface area contributed by atoms with Crippen LogP contribution in [0.15, 0.2) is 23.1 Å². The molecule has 1 saturated heterocycles. The summed E-state index contributed by atoms with van der Waals surface area (Å²) in [5, 5.41) is 15.6. The monoisotopic (exact) mass is 312 g/mol. The van der Waals surface area contributed by atoms with Crippen molar-refractivity contribution in [1.29, 1.82) is 0 Å². The summed E-state index contributed by atoms with van der Waals surface area (Å²) in [6, 6.07) is 3.87. The number of aromatic hydroxyl groups is 1. The highest BCUT2D eigenvalue weighted by Crippen LogP contribution is 2.33. The lowest BCUT2D eigenvalue weighted by Gasteiger charge is -2.25. The first-order chi connectivity index (χ1) is 9.78. The SMILES string of the molecule is CCC1(C(=O)Nc2cc(S(C)(=O)=O)ccc2O)CCNC1. The Balaban J connectivity index is 2.29. The van der Waals surface area contributed by atoms with Crippen LogP contribution in [-0.2, 0) is 14.6 Å². The third-order valence-electron chi connectivity index (χ3n) is 4.05. The van der Waals surface area contributed by atoms with Crippen LogP contribution >= 0.6 is 0 Å². The predicted octanol–water partition coefficient (Wildman–Crippen LogP) is 1.12. The summed E-state index contributed by atoms with van der Waals surface area (Å²) in [6.45, 7) is 3.30. The predicted molar refractivity (Wildman–Crippen MR) is 80.1 cm³/mol. The lowest BCUT2D eigenvalue weighted by atomic mass is 9.83. The average molecular weight is 312 g/mol. The minimum Gasteiger partial charge on any atom is -0.506 e. The van der Waals surface area contributed by atoms with Crippen LogP contribution in [0.1, 0.15) is 19.8 Å². The Labute approximate surface area is 124 Å². The number of carbonyl (C=O) groups is 1. The Morgan fingerprint density at radius 2 is 2.19 bits per heavy atom. The maximum Gasteiger partial charge on any atom is 0.232 e. The fourth-order valence-electron chi connectivity index (χ4n) is 2.50. The van der Waals surface area contributed by atoms with Crippen molar-refractivity contribution >= 4 is 21.4 Å². The molecule has 0 aromatic heterocycles. The lowest BCUT2D eigenvalue weighted by Crippen LogP contribution is -2.37. The van der Waals surface area contributed by atoms with Gasteiger partial charge in [0.1, 0.15) is 5.75 Å². The van der Waals surface area contributed by atoms with E-state index in [9.17, 15) is 18.3 Å². The summed E-state index contributed by atoms with van der Waals surface area (Å²) in [7, 11) is -3.39. The zero-order valence-corrected chi connectivity index (χ0v) is 13.0. The molecule has 7 heteroatoms. The van der Waals surface area contributed by atoms with Crippen LogP contribution in [-0.4, -0.2) is 38.8 Å². The van der Waals surface area contributed by atoms with Gasteiger partial charge in [0.25, 0.3) is 0 Å². The van der Waals surface area contributed by atoms with Gasteiger partial charge in [-0.2, -0.15) is 0 Å². The number of hydrogen-bond donors (Lipinski definition) is 3. The van der Waals surface area contributed by atoms with E-state index in [0.717, 1.165) is 19.2 Å². The van der Waals surface area contributed by atoms with Crippen molar-refractivity contribution in [3.63, 3.8) is 0 Å².